The zero-order chi connectivity index (χ0) is 17.8. The molecule has 0 aliphatic carbocycles. The van der Waals surface area contributed by atoms with Gasteiger partial charge in [-0.2, -0.15) is 0 Å². The summed E-state index contributed by atoms with van der Waals surface area (Å²) in [5.41, 5.74) is 1.05. The van der Waals surface area contributed by atoms with E-state index in [1.54, 1.807) is 6.07 Å². The van der Waals surface area contributed by atoms with Gasteiger partial charge in [0.05, 0.1) is 18.1 Å². The molecule has 132 valence electrons. The van der Waals surface area contributed by atoms with E-state index in [1.807, 2.05) is 0 Å². The van der Waals surface area contributed by atoms with Crippen molar-refractivity contribution in [2.24, 2.45) is 5.92 Å². The molecular formula is C18H19ClFN3O2. The molecule has 1 aliphatic heterocycles. The van der Waals surface area contributed by atoms with Crippen molar-refractivity contribution in [2.75, 3.05) is 25.5 Å². The Morgan fingerprint density at radius 3 is 2.96 bits per heavy atom. The standard InChI is InChI=1S/C18H19ClFN3O2/c1-25-16-5-4-12(20)7-14(16)13-8-17(22-10-15(13)19)23-18(24)11-3-2-6-21-9-11/h4-5,7-8,10-11,21H,2-3,6,9H2,1H3,(H,22,23,24)/t11-/m0/s1. The molecule has 3 rings (SSSR count). The molecule has 1 fully saturated rings. The van der Waals surface area contributed by atoms with Crippen LogP contribution < -0.4 is 15.4 Å². The number of methoxy groups -OCH3 is 1. The number of piperidine rings is 1. The Labute approximate surface area is 150 Å². The third-order valence-corrected chi connectivity index (χ3v) is 4.53. The maximum atomic E-state index is 13.7. The van der Waals surface area contributed by atoms with Gasteiger partial charge in [-0.05, 0) is 43.7 Å². The van der Waals surface area contributed by atoms with Gasteiger partial charge >= 0.3 is 0 Å². The molecule has 0 unspecified atom stereocenters. The molecule has 2 aromatic rings. The van der Waals surface area contributed by atoms with Crippen LogP contribution in [0.1, 0.15) is 12.8 Å². The van der Waals surface area contributed by atoms with Crippen molar-refractivity contribution in [3.63, 3.8) is 0 Å². The Morgan fingerprint density at radius 2 is 2.24 bits per heavy atom. The molecule has 0 radical (unpaired) electrons. The summed E-state index contributed by atoms with van der Waals surface area (Å²) < 4.78 is 18.9. The van der Waals surface area contributed by atoms with Gasteiger partial charge in [-0.1, -0.05) is 11.6 Å². The fourth-order valence-corrected chi connectivity index (χ4v) is 3.11. The molecule has 0 spiro atoms. The number of halogens is 2. The minimum absolute atomic E-state index is 0.0841. The lowest BCUT2D eigenvalue weighted by Gasteiger charge is -2.21. The molecule has 1 saturated heterocycles. The number of nitrogens with zero attached hydrogens (tertiary/aromatic N) is 1. The van der Waals surface area contributed by atoms with Gasteiger partial charge in [0.15, 0.2) is 0 Å². The molecule has 0 saturated carbocycles. The van der Waals surface area contributed by atoms with Crippen LogP contribution in [-0.4, -0.2) is 31.1 Å². The van der Waals surface area contributed by atoms with Crippen LogP contribution in [0, 0.1) is 11.7 Å². The van der Waals surface area contributed by atoms with Gasteiger partial charge in [0.2, 0.25) is 5.91 Å². The molecule has 2 heterocycles. The van der Waals surface area contributed by atoms with E-state index in [-0.39, 0.29) is 11.8 Å². The van der Waals surface area contributed by atoms with Crippen molar-refractivity contribution in [3.8, 4) is 16.9 Å². The first-order valence-corrected chi connectivity index (χ1v) is 8.47. The number of benzene rings is 1. The molecule has 1 aromatic heterocycles. The number of aromatic nitrogens is 1. The van der Waals surface area contributed by atoms with E-state index in [0.717, 1.165) is 19.4 Å². The van der Waals surface area contributed by atoms with Crippen molar-refractivity contribution in [1.82, 2.24) is 10.3 Å². The number of ether oxygens (including phenoxy) is 1. The van der Waals surface area contributed by atoms with E-state index in [4.69, 9.17) is 16.3 Å². The zero-order valence-corrected chi connectivity index (χ0v) is 14.6. The van der Waals surface area contributed by atoms with Gasteiger partial charge in [-0.25, -0.2) is 9.37 Å². The molecule has 25 heavy (non-hydrogen) atoms. The van der Waals surface area contributed by atoms with Crippen molar-refractivity contribution < 1.29 is 13.9 Å². The summed E-state index contributed by atoms with van der Waals surface area (Å²) in [5, 5.41) is 6.37. The highest BCUT2D eigenvalue weighted by atomic mass is 35.5. The van der Waals surface area contributed by atoms with Crippen LogP contribution in [0.25, 0.3) is 11.1 Å². The highest BCUT2D eigenvalue weighted by Gasteiger charge is 2.21. The lowest BCUT2D eigenvalue weighted by atomic mass is 9.99. The van der Waals surface area contributed by atoms with Crippen LogP contribution in [-0.2, 0) is 4.79 Å². The van der Waals surface area contributed by atoms with Crippen molar-refractivity contribution in [2.45, 2.75) is 12.8 Å². The number of hydrogen-bond acceptors (Lipinski definition) is 4. The first-order valence-electron chi connectivity index (χ1n) is 8.09. The summed E-state index contributed by atoms with van der Waals surface area (Å²) in [5.74, 6) is 0.296. The predicted molar refractivity (Wildman–Crippen MR) is 95.4 cm³/mol. The smallest absolute Gasteiger partial charge is 0.229 e. The fraction of sp³-hybridized carbons (Fsp3) is 0.333. The molecule has 7 heteroatoms. The van der Waals surface area contributed by atoms with Crippen LogP contribution in [0.4, 0.5) is 10.2 Å². The Bertz CT molecular complexity index is 779. The number of carbonyl (C=O) groups is 1. The van der Waals surface area contributed by atoms with Gasteiger partial charge in [-0.15, -0.1) is 0 Å². The van der Waals surface area contributed by atoms with Crippen LogP contribution in [0.2, 0.25) is 5.02 Å². The Hall–Kier alpha value is -2.18. The maximum Gasteiger partial charge on any atom is 0.229 e. The topological polar surface area (TPSA) is 63.2 Å². The number of rotatable bonds is 4. The van der Waals surface area contributed by atoms with Gasteiger partial charge in [-0.3, -0.25) is 4.79 Å². The third kappa shape index (κ3) is 4.08. The molecule has 0 bridgehead atoms. The minimum atomic E-state index is -0.400. The Kier molecular flexibility index (Phi) is 5.50. The van der Waals surface area contributed by atoms with E-state index in [0.29, 0.717) is 34.3 Å². The van der Waals surface area contributed by atoms with Gasteiger partial charge in [0.25, 0.3) is 0 Å². The number of anilines is 1. The molecule has 2 N–H and O–H groups in total. The lowest BCUT2D eigenvalue weighted by Crippen LogP contribution is -2.37. The second-order valence-corrected chi connectivity index (χ2v) is 6.33. The average molecular weight is 364 g/mol. The summed E-state index contributed by atoms with van der Waals surface area (Å²) in [6.07, 6.45) is 3.25. The molecule has 1 amide bonds. The second kappa shape index (κ2) is 7.80. The number of nitrogens with one attached hydrogen (secondary N) is 2. The van der Waals surface area contributed by atoms with Crippen molar-refractivity contribution in [3.05, 3.63) is 41.3 Å². The van der Waals surface area contributed by atoms with E-state index in [1.165, 1.54) is 31.5 Å². The quantitative estimate of drug-likeness (QED) is 0.872. The second-order valence-electron chi connectivity index (χ2n) is 5.93. The van der Waals surface area contributed by atoms with Crippen LogP contribution >= 0.6 is 11.6 Å². The lowest BCUT2D eigenvalue weighted by molar-refractivity contribution is -0.120. The maximum absolute atomic E-state index is 13.7. The molecular weight excluding hydrogens is 345 g/mol. The predicted octanol–water partition coefficient (Wildman–Crippen LogP) is 3.49. The first-order chi connectivity index (χ1) is 12.1. The highest BCUT2D eigenvalue weighted by molar-refractivity contribution is 6.33. The van der Waals surface area contributed by atoms with Crippen molar-refractivity contribution in [1.29, 1.82) is 0 Å². The third-order valence-electron chi connectivity index (χ3n) is 4.23. The minimum Gasteiger partial charge on any atom is -0.496 e. The summed E-state index contributed by atoms with van der Waals surface area (Å²) in [6, 6.07) is 5.83. The number of hydrogen-bond donors (Lipinski definition) is 2. The van der Waals surface area contributed by atoms with Crippen LogP contribution in [0.5, 0.6) is 5.75 Å². The van der Waals surface area contributed by atoms with E-state index in [9.17, 15) is 9.18 Å². The van der Waals surface area contributed by atoms with Crippen molar-refractivity contribution >= 4 is 23.3 Å². The van der Waals surface area contributed by atoms with E-state index in [2.05, 4.69) is 15.6 Å². The van der Waals surface area contributed by atoms with E-state index >= 15 is 0 Å². The largest absolute Gasteiger partial charge is 0.496 e. The van der Waals surface area contributed by atoms with Gasteiger partial charge < -0.3 is 15.4 Å². The summed E-state index contributed by atoms with van der Waals surface area (Å²) >= 11 is 6.23. The molecule has 1 atom stereocenters. The molecule has 5 nitrogen and oxygen atoms in total. The Morgan fingerprint density at radius 1 is 1.40 bits per heavy atom. The van der Waals surface area contributed by atoms with Crippen LogP contribution in [0.3, 0.4) is 0 Å². The van der Waals surface area contributed by atoms with Crippen LogP contribution in [0.15, 0.2) is 30.5 Å². The SMILES string of the molecule is COc1ccc(F)cc1-c1cc(NC(=O)[C@H]2CCCNC2)ncc1Cl. The number of carbonyl (C=O) groups excluding carboxylic acids is 1. The number of amides is 1. The fourth-order valence-electron chi connectivity index (χ4n) is 2.91. The van der Waals surface area contributed by atoms with Gasteiger partial charge in [0.1, 0.15) is 17.4 Å². The molecule has 1 aliphatic rings. The number of pyridine rings is 1. The summed E-state index contributed by atoms with van der Waals surface area (Å²) in [4.78, 5) is 16.5. The summed E-state index contributed by atoms with van der Waals surface area (Å²) in [6.45, 7) is 1.59. The monoisotopic (exact) mass is 363 g/mol. The highest BCUT2D eigenvalue weighted by Crippen LogP contribution is 2.36. The Balaban J connectivity index is 1.88. The summed E-state index contributed by atoms with van der Waals surface area (Å²) in [7, 11) is 1.50. The van der Waals surface area contributed by atoms with Gasteiger partial charge in [0, 0.05) is 23.9 Å². The first kappa shape index (κ1) is 17.6. The molecule has 1 aromatic carbocycles. The average Bonchev–Trinajstić information content (AvgIpc) is 2.64. The zero-order valence-electron chi connectivity index (χ0n) is 13.8. The normalized spacial score (nSPS) is 17.2. The van der Waals surface area contributed by atoms with E-state index < -0.39 is 5.82 Å².